The van der Waals surface area contributed by atoms with Gasteiger partial charge in [-0.3, -0.25) is 0 Å². The summed E-state index contributed by atoms with van der Waals surface area (Å²) in [6.07, 6.45) is 3.08. The molecule has 3 nitrogen and oxygen atoms in total. The summed E-state index contributed by atoms with van der Waals surface area (Å²) in [5, 5.41) is 3.72. The molecule has 3 heteroatoms. The van der Waals surface area contributed by atoms with Crippen LogP contribution in [0.3, 0.4) is 0 Å². The molecule has 0 aromatic heterocycles. The maximum atomic E-state index is 5.77. The first kappa shape index (κ1) is 14.9. The fraction of sp³-hybridized carbons (Fsp3) is 1.00. The zero-order chi connectivity index (χ0) is 13.0. The van der Waals surface area contributed by atoms with Crippen molar-refractivity contribution in [2.45, 2.75) is 64.8 Å². The van der Waals surface area contributed by atoms with Crippen LogP contribution < -0.4 is 5.32 Å². The van der Waals surface area contributed by atoms with E-state index in [2.05, 4.69) is 52.0 Å². The molecule has 1 fully saturated rings. The first-order valence-electron chi connectivity index (χ1n) is 6.95. The highest BCUT2D eigenvalue weighted by molar-refractivity contribution is 4.81. The molecule has 3 unspecified atom stereocenters. The van der Waals surface area contributed by atoms with Crippen LogP contribution in [0.2, 0.25) is 0 Å². The maximum absolute atomic E-state index is 5.77. The number of nitrogens with one attached hydrogen (secondary N) is 1. The van der Waals surface area contributed by atoms with Crippen LogP contribution in [-0.2, 0) is 4.74 Å². The normalized spacial score (nSPS) is 32.1. The molecule has 1 aliphatic rings. The first-order chi connectivity index (χ1) is 7.90. The Kier molecular flexibility index (Phi) is 5.90. The Hall–Kier alpha value is -0.120. The van der Waals surface area contributed by atoms with Crippen LogP contribution in [0.25, 0.3) is 0 Å². The largest absolute Gasteiger partial charge is 0.375 e. The number of rotatable bonds is 5. The van der Waals surface area contributed by atoms with Crippen molar-refractivity contribution in [2.24, 2.45) is 5.92 Å². The molecule has 0 aromatic rings. The van der Waals surface area contributed by atoms with E-state index in [0.29, 0.717) is 30.2 Å². The molecule has 0 saturated carbocycles. The van der Waals surface area contributed by atoms with Crippen LogP contribution in [0, 0.1) is 5.92 Å². The van der Waals surface area contributed by atoms with E-state index in [1.807, 2.05) is 0 Å². The van der Waals surface area contributed by atoms with Crippen molar-refractivity contribution >= 4 is 0 Å². The lowest BCUT2D eigenvalue weighted by Crippen LogP contribution is -2.48. The Morgan fingerprint density at radius 2 is 1.71 bits per heavy atom. The number of ether oxygens (including phenoxy) is 1. The monoisotopic (exact) mass is 242 g/mol. The number of hydrogen-bond donors (Lipinski definition) is 1. The second kappa shape index (κ2) is 6.72. The molecule has 1 saturated heterocycles. The molecule has 1 rings (SSSR count). The second-order valence-corrected chi connectivity index (χ2v) is 6.11. The van der Waals surface area contributed by atoms with Gasteiger partial charge in [0.2, 0.25) is 0 Å². The lowest BCUT2D eigenvalue weighted by atomic mass is 9.98. The van der Waals surface area contributed by atoms with Crippen molar-refractivity contribution in [3.63, 3.8) is 0 Å². The molecular formula is C14H30N2O. The van der Waals surface area contributed by atoms with Gasteiger partial charge in [-0.25, -0.2) is 0 Å². The van der Waals surface area contributed by atoms with Crippen molar-refractivity contribution in [1.82, 2.24) is 10.2 Å². The Labute approximate surface area is 107 Å². The van der Waals surface area contributed by atoms with Gasteiger partial charge in [0.1, 0.15) is 0 Å². The summed E-state index contributed by atoms with van der Waals surface area (Å²) >= 11 is 0. The Morgan fingerprint density at radius 3 is 2.12 bits per heavy atom. The highest BCUT2D eigenvalue weighted by atomic mass is 16.5. The molecular weight excluding hydrogens is 212 g/mol. The third-order valence-electron chi connectivity index (χ3n) is 3.75. The molecule has 1 aliphatic heterocycles. The van der Waals surface area contributed by atoms with Crippen molar-refractivity contribution in [1.29, 1.82) is 0 Å². The molecule has 1 N–H and O–H groups in total. The van der Waals surface area contributed by atoms with Gasteiger partial charge in [0.15, 0.2) is 0 Å². The van der Waals surface area contributed by atoms with Gasteiger partial charge >= 0.3 is 0 Å². The second-order valence-electron chi connectivity index (χ2n) is 6.11. The maximum Gasteiger partial charge on any atom is 0.0565 e. The van der Waals surface area contributed by atoms with Gasteiger partial charge in [-0.05, 0) is 46.7 Å². The Bertz CT molecular complexity index is 200. The fourth-order valence-corrected chi connectivity index (χ4v) is 2.87. The highest BCUT2D eigenvalue weighted by Gasteiger charge is 2.25. The third kappa shape index (κ3) is 4.94. The lowest BCUT2D eigenvalue weighted by Gasteiger charge is -2.35. The van der Waals surface area contributed by atoms with Crippen LogP contribution in [0.15, 0.2) is 0 Å². The van der Waals surface area contributed by atoms with E-state index in [0.717, 1.165) is 19.4 Å². The van der Waals surface area contributed by atoms with E-state index >= 15 is 0 Å². The molecule has 0 amide bonds. The average molecular weight is 242 g/mol. The van der Waals surface area contributed by atoms with Gasteiger partial charge in [0.05, 0.1) is 12.2 Å². The van der Waals surface area contributed by atoms with Crippen LogP contribution in [0.5, 0.6) is 0 Å². The van der Waals surface area contributed by atoms with Crippen molar-refractivity contribution in [3.05, 3.63) is 0 Å². The van der Waals surface area contributed by atoms with Crippen LogP contribution in [-0.4, -0.2) is 49.8 Å². The third-order valence-corrected chi connectivity index (χ3v) is 3.75. The van der Waals surface area contributed by atoms with Crippen molar-refractivity contribution < 1.29 is 4.74 Å². The Morgan fingerprint density at radius 1 is 1.18 bits per heavy atom. The molecule has 17 heavy (non-hydrogen) atoms. The average Bonchev–Trinajstić information content (AvgIpc) is 2.14. The van der Waals surface area contributed by atoms with Gasteiger partial charge in [0.25, 0.3) is 0 Å². The minimum absolute atomic E-state index is 0.396. The molecule has 0 spiro atoms. The van der Waals surface area contributed by atoms with E-state index in [-0.39, 0.29) is 0 Å². The highest BCUT2D eigenvalue weighted by Crippen LogP contribution is 2.19. The molecule has 0 radical (unpaired) electrons. The van der Waals surface area contributed by atoms with Gasteiger partial charge < -0.3 is 15.0 Å². The van der Waals surface area contributed by atoms with Crippen LogP contribution >= 0.6 is 0 Å². The molecule has 1 heterocycles. The van der Waals surface area contributed by atoms with Gasteiger partial charge in [-0.1, -0.05) is 13.8 Å². The van der Waals surface area contributed by atoms with E-state index < -0.39 is 0 Å². The lowest BCUT2D eigenvalue weighted by molar-refractivity contribution is -0.0428. The van der Waals surface area contributed by atoms with Crippen molar-refractivity contribution in [2.75, 3.05) is 20.6 Å². The smallest absolute Gasteiger partial charge is 0.0565 e. The number of hydrogen-bond acceptors (Lipinski definition) is 3. The van der Waals surface area contributed by atoms with E-state index in [1.54, 1.807) is 0 Å². The van der Waals surface area contributed by atoms with E-state index in [9.17, 15) is 0 Å². The molecule has 0 aromatic carbocycles. The van der Waals surface area contributed by atoms with E-state index in [4.69, 9.17) is 4.74 Å². The summed E-state index contributed by atoms with van der Waals surface area (Å²) in [5.41, 5.74) is 0. The summed E-state index contributed by atoms with van der Waals surface area (Å²) in [7, 11) is 4.34. The quantitative estimate of drug-likeness (QED) is 0.799. The summed E-state index contributed by atoms with van der Waals surface area (Å²) in [4.78, 5) is 2.32. The van der Waals surface area contributed by atoms with Gasteiger partial charge in [-0.2, -0.15) is 0 Å². The first-order valence-corrected chi connectivity index (χ1v) is 6.95. The number of likely N-dealkylation sites (N-methyl/N-ethyl adjacent to an activating group) is 1. The predicted octanol–water partition coefficient (Wildman–Crippen LogP) is 2.12. The van der Waals surface area contributed by atoms with Gasteiger partial charge in [0, 0.05) is 18.6 Å². The molecule has 102 valence electrons. The molecule has 3 atom stereocenters. The number of nitrogens with zero attached hydrogens (tertiary/aromatic N) is 1. The minimum atomic E-state index is 0.396. The summed E-state index contributed by atoms with van der Waals surface area (Å²) in [5.74, 6) is 0.687. The molecule has 0 bridgehead atoms. The summed E-state index contributed by atoms with van der Waals surface area (Å²) in [6, 6.07) is 1.23. The zero-order valence-corrected chi connectivity index (χ0v) is 12.4. The predicted molar refractivity (Wildman–Crippen MR) is 73.3 cm³/mol. The minimum Gasteiger partial charge on any atom is -0.375 e. The van der Waals surface area contributed by atoms with E-state index in [1.165, 1.54) is 0 Å². The Balaban J connectivity index is 2.38. The standard InChI is InChI=1S/C14H30N2O/c1-10(2)14(16(5)6)9-15-13-7-11(3)17-12(4)8-13/h10-15H,7-9H2,1-6H3. The molecule has 0 aliphatic carbocycles. The van der Waals surface area contributed by atoms with Gasteiger partial charge in [-0.15, -0.1) is 0 Å². The van der Waals surface area contributed by atoms with Crippen LogP contribution in [0.4, 0.5) is 0 Å². The van der Waals surface area contributed by atoms with Crippen molar-refractivity contribution in [3.8, 4) is 0 Å². The van der Waals surface area contributed by atoms with Crippen LogP contribution in [0.1, 0.15) is 40.5 Å². The summed E-state index contributed by atoms with van der Waals surface area (Å²) in [6.45, 7) is 10.0. The topological polar surface area (TPSA) is 24.5 Å². The SMILES string of the molecule is CC1CC(NCC(C(C)C)N(C)C)CC(C)O1. The fourth-order valence-electron chi connectivity index (χ4n) is 2.87. The zero-order valence-electron chi connectivity index (χ0n) is 12.4. The summed E-state index contributed by atoms with van der Waals surface area (Å²) < 4.78 is 5.77.